The number of anilines is 3. The second kappa shape index (κ2) is 11.6. The molecule has 2 aromatic heterocycles. The second-order valence-electron chi connectivity index (χ2n) is 9.85. The van der Waals surface area contributed by atoms with Crippen molar-refractivity contribution in [1.29, 1.82) is 0 Å². The second-order valence-corrected chi connectivity index (χ2v) is 10.7. The summed E-state index contributed by atoms with van der Waals surface area (Å²) in [7, 11) is 0. The molecule has 3 N–H and O–H groups in total. The summed E-state index contributed by atoms with van der Waals surface area (Å²) in [4.78, 5) is 26.5. The van der Waals surface area contributed by atoms with Gasteiger partial charge in [-0.25, -0.2) is 14.4 Å². The molecule has 0 saturated heterocycles. The van der Waals surface area contributed by atoms with Gasteiger partial charge in [-0.05, 0) is 90.0 Å². The SMILES string of the molecule is O=C(NCCCNc1c2c(nc3ccccc13)CCCC2)c1ccc2ncnc(Nc3cccc(Br)c3F)c2c1. The van der Waals surface area contributed by atoms with Crippen LogP contribution >= 0.6 is 15.9 Å². The van der Waals surface area contributed by atoms with Crippen molar-refractivity contribution in [3.8, 4) is 0 Å². The van der Waals surface area contributed by atoms with Crippen molar-refractivity contribution in [3.63, 3.8) is 0 Å². The van der Waals surface area contributed by atoms with E-state index < -0.39 is 5.82 Å². The van der Waals surface area contributed by atoms with E-state index in [0.29, 0.717) is 33.3 Å². The van der Waals surface area contributed by atoms with Gasteiger partial charge in [0.05, 0.1) is 21.2 Å². The molecule has 6 rings (SSSR count). The van der Waals surface area contributed by atoms with Crippen LogP contribution in [0.3, 0.4) is 0 Å². The topological polar surface area (TPSA) is 91.8 Å². The Morgan fingerprint density at radius 1 is 0.925 bits per heavy atom. The summed E-state index contributed by atoms with van der Waals surface area (Å²) in [5.41, 5.74) is 6.17. The smallest absolute Gasteiger partial charge is 0.251 e. The molecule has 3 aromatic carbocycles. The van der Waals surface area contributed by atoms with Crippen LogP contribution in [0, 0.1) is 5.82 Å². The van der Waals surface area contributed by atoms with E-state index in [1.165, 1.54) is 36.1 Å². The minimum atomic E-state index is -0.419. The average molecular weight is 600 g/mol. The van der Waals surface area contributed by atoms with E-state index in [-0.39, 0.29) is 11.6 Å². The quantitative estimate of drug-likeness (QED) is 0.168. The first-order valence-electron chi connectivity index (χ1n) is 13.5. The van der Waals surface area contributed by atoms with Gasteiger partial charge in [-0.3, -0.25) is 9.78 Å². The molecule has 5 aromatic rings. The lowest BCUT2D eigenvalue weighted by Gasteiger charge is -2.21. The summed E-state index contributed by atoms with van der Waals surface area (Å²) >= 11 is 3.21. The number of amides is 1. The molecule has 0 bridgehead atoms. The Labute approximate surface area is 239 Å². The molecule has 9 heteroatoms. The molecule has 7 nitrogen and oxygen atoms in total. The predicted molar refractivity (Wildman–Crippen MR) is 161 cm³/mol. The Kier molecular flexibility index (Phi) is 7.55. The summed E-state index contributed by atoms with van der Waals surface area (Å²) < 4.78 is 14.9. The maximum absolute atomic E-state index is 14.5. The van der Waals surface area contributed by atoms with Crippen molar-refractivity contribution < 1.29 is 9.18 Å². The third-order valence-electron chi connectivity index (χ3n) is 7.21. The highest BCUT2D eigenvalue weighted by molar-refractivity contribution is 9.10. The number of para-hydroxylation sites is 1. The summed E-state index contributed by atoms with van der Waals surface area (Å²) in [6.07, 6.45) is 6.62. The molecule has 0 fully saturated rings. The molecule has 1 aliphatic carbocycles. The van der Waals surface area contributed by atoms with Crippen molar-refractivity contribution >= 4 is 60.8 Å². The maximum atomic E-state index is 14.5. The predicted octanol–water partition coefficient (Wildman–Crippen LogP) is 6.93. The number of carbonyl (C=O) groups excluding carboxylic acids is 1. The molecule has 2 heterocycles. The van der Waals surface area contributed by atoms with E-state index in [1.54, 1.807) is 36.4 Å². The number of hydrogen-bond acceptors (Lipinski definition) is 6. The van der Waals surface area contributed by atoms with E-state index in [9.17, 15) is 9.18 Å². The van der Waals surface area contributed by atoms with Crippen LogP contribution in [0.1, 0.15) is 40.9 Å². The van der Waals surface area contributed by atoms with Gasteiger partial charge in [-0.2, -0.15) is 0 Å². The van der Waals surface area contributed by atoms with Gasteiger partial charge in [-0.1, -0.05) is 24.3 Å². The normalized spacial score (nSPS) is 12.8. The molecule has 0 radical (unpaired) electrons. The van der Waals surface area contributed by atoms with Crippen LogP contribution in [-0.4, -0.2) is 33.9 Å². The van der Waals surface area contributed by atoms with Crippen LogP contribution in [0.15, 0.2) is 71.5 Å². The van der Waals surface area contributed by atoms with Crippen LogP contribution in [-0.2, 0) is 12.8 Å². The van der Waals surface area contributed by atoms with Crippen LogP contribution in [0.25, 0.3) is 21.8 Å². The minimum absolute atomic E-state index is 0.183. The lowest BCUT2D eigenvalue weighted by atomic mass is 9.92. The highest BCUT2D eigenvalue weighted by Gasteiger charge is 2.18. The van der Waals surface area contributed by atoms with E-state index in [4.69, 9.17) is 4.98 Å². The highest BCUT2D eigenvalue weighted by atomic mass is 79.9. The zero-order valence-electron chi connectivity index (χ0n) is 21.8. The van der Waals surface area contributed by atoms with Crippen molar-refractivity contribution in [2.24, 2.45) is 0 Å². The molecule has 0 spiro atoms. The zero-order valence-corrected chi connectivity index (χ0v) is 23.4. The van der Waals surface area contributed by atoms with E-state index in [0.717, 1.165) is 36.7 Å². The van der Waals surface area contributed by atoms with Gasteiger partial charge in [0.2, 0.25) is 0 Å². The first kappa shape index (κ1) is 26.1. The number of fused-ring (bicyclic) bond motifs is 3. The maximum Gasteiger partial charge on any atom is 0.251 e. The van der Waals surface area contributed by atoms with E-state index in [1.807, 2.05) is 6.07 Å². The molecule has 202 valence electrons. The minimum Gasteiger partial charge on any atom is -0.384 e. The number of nitrogens with zero attached hydrogens (tertiary/aromatic N) is 3. The standard InChI is InChI=1S/C31H28BrFN6O/c32-23-9-5-12-27(28(23)33)39-30-22-17-19(13-14-24(22)36-18-37-30)31(40)35-16-6-15-34-29-20-7-1-3-10-25(20)38-26-11-4-2-8-21(26)29/h1,3,5,7,9-10,12-14,17-18H,2,4,6,8,11,15-16H2,(H,34,38)(H,35,40)(H,36,37,39). The third kappa shape index (κ3) is 5.34. The Morgan fingerprint density at radius 3 is 2.73 bits per heavy atom. The number of hydrogen-bond donors (Lipinski definition) is 3. The molecule has 1 aliphatic rings. The van der Waals surface area contributed by atoms with Crippen LogP contribution < -0.4 is 16.0 Å². The van der Waals surface area contributed by atoms with Gasteiger partial charge < -0.3 is 16.0 Å². The lowest BCUT2D eigenvalue weighted by molar-refractivity contribution is 0.0953. The van der Waals surface area contributed by atoms with Gasteiger partial charge >= 0.3 is 0 Å². The number of pyridine rings is 1. The first-order chi connectivity index (χ1) is 19.6. The third-order valence-corrected chi connectivity index (χ3v) is 7.82. The number of aryl methyl sites for hydroxylation is 1. The van der Waals surface area contributed by atoms with Crippen LogP contribution in [0.5, 0.6) is 0 Å². The molecule has 40 heavy (non-hydrogen) atoms. The summed E-state index contributed by atoms with van der Waals surface area (Å²) in [5, 5.41) is 11.5. The Hall–Kier alpha value is -4.11. The van der Waals surface area contributed by atoms with E-state index >= 15 is 0 Å². The molecule has 1 amide bonds. The number of benzene rings is 3. The number of nitrogens with one attached hydrogen (secondary N) is 3. The Balaban J connectivity index is 1.11. The first-order valence-corrected chi connectivity index (χ1v) is 14.3. The van der Waals surface area contributed by atoms with E-state index in [2.05, 4.69) is 60.0 Å². The Morgan fingerprint density at radius 2 is 1.80 bits per heavy atom. The van der Waals surface area contributed by atoms with Crippen LogP contribution in [0.2, 0.25) is 0 Å². The fraction of sp³-hybridized carbons (Fsp3) is 0.226. The Bertz CT molecular complexity index is 1730. The summed E-state index contributed by atoms with van der Waals surface area (Å²) in [5.74, 6) is -0.178. The van der Waals surface area contributed by atoms with Gasteiger partial charge in [-0.15, -0.1) is 0 Å². The number of carbonyl (C=O) groups is 1. The van der Waals surface area contributed by atoms with Crippen molar-refractivity contribution in [2.75, 3.05) is 23.7 Å². The number of aromatic nitrogens is 3. The fourth-order valence-corrected chi connectivity index (χ4v) is 5.57. The van der Waals surface area contributed by atoms with Crippen molar-refractivity contribution in [3.05, 3.63) is 94.1 Å². The van der Waals surface area contributed by atoms with Crippen molar-refractivity contribution in [1.82, 2.24) is 20.3 Å². The van der Waals surface area contributed by atoms with Gasteiger partial charge in [0.25, 0.3) is 5.91 Å². The van der Waals surface area contributed by atoms with Crippen molar-refractivity contribution in [2.45, 2.75) is 32.1 Å². The highest BCUT2D eigenvalue weighted by Crippen LogP contribution is 2.33. The fourth-order valence-electron chi connectivity index (χ4n) is 5.21. The molecule has 0 aliphatic heterocycles. The number of halogens is 2. The summed E-state index contributed by atoms with van der Waals surface area (Å²) in [6, 6.07) is 18.5. The molecule has 0 unspecified atom stereocenters. The monoisotopic (exact) mass is 598 g/mol. The van der Waals surface area contributed by atoms with Gasteiger partial charge in [0.1, 0.15) is 12.1 Å². The lowest BCUT2D eigenvalue weighted by Crippen LogP contribution is -2.26. The molecule has 0 saturated carbocycles. The molecular formula is C31H28BrFN6O. The zero-order chi connectivity index (χ0) is 27.5. The largest absolute Gasteiger partial charge is 0.384 e. The van der Waals surface area contributed by atoms with Crippen LogP contribution in [0.4, 0.5) is 21.6 Å². The number of rotatable bonds is 8. The molecular weight excluding hydrogens is 571 g/mol. The van der Waals surface area contributed by atoms with Gasteiger partial charge in [0, 0.05) is 40.8 Å². The molecule has 0 atom stereocenters. The summed E-state index contributed by atoms with van der Waals surface area (Å²) in [6.45, 7) is 1.26. The average Bonchev–Trinajstić information content (AvgIpc) is 2.98. The van der Waals surface area contributed by atoms with Gasteiger partial charge in [0.15, 0.2) is 5.82 Å².